The van der Waals surface area contributed by atoms with E-state index in [0.717, 1.165) is 48.2 Å². The second-order valence-corrected chi connectivity index (χ2v) is 6.53. The molecule has 2 aromatic rings. The molecule has 112 valence electrons. The molecule has 0 atom stereocenters. The Hall–Kier alpha value is -1.79. The first kappa shape index (κ1) is 14.2. The maximum Gasteiger partial charge on any atom is 0.264 e. The van der Waals surface area contributed by atoms with E-state index in [2.05, 4.69) is 4.90 Å². The Balaban J connectivity index is 1.56. The number of nitrogen functional groups attached to an aromatic ring is 1. The van der Waals surface area contributed by atoms with Crippen molar-refractivity contribution < 1.29 is 9.21 Å². The van der Waals surface area contributed by atoms with Crippen LogP contribution in [0, 0.1) is 6.92 Å². The lowest BCUT2D eigenvalue weighted by Gasteiger charge is -2.34. The Bertz CT molecular complexity index is 593. The van der Waals surface area contributed by atoms with E-state index >= 15 is 0 Å². The number of hydrogen-bond acceptors (Lipinski definition) is 5. The van der Waals surface area contributed by atoms with Crippen LogP contribution in [0.1, 0.15) is 20.3 Å². The Morgan fingerprint density at radius 1 is 1.38 bits per heavy atom. The number of carbonyl (C=O) groups excluding carboxylic acids is 1. The molecular formula is C15H19N3O2S. The Morgan fingerprint density at radius 3 is 2.71 bits per heavy atom. The van der Waals surface area contributed by atoms with E-state index < -0.39 is 0 Å². The number of thiophene rings is 1. The lowest BCUT2D eigenvalue weighted by atomic mass is 10.2. The van der Waals surface area contributed by atoms with Gasteiger partial charge in [-0.05, 0) is 25.1 Å². The predicted molar refractivity (Wildman–Crippen MR) is 83.4 cm³/mol. The van der Waals surface area contributed by atoms with E-state index in [1.165, 1.54) is 11.3 Å². The van der Waals surface area contributed by atoms with Gasteiger partial charge in [-0.2, -0.15) is 0 Å². The number of amides is 1. The first-order valence-electron chi connectivity index (χ1n) is 7.03. The van der Waals surface area contributed by atoms with Crippen molar-refractivity contribution in [1.82, 2.24) is 9.80 Å². The second kappa shape index (κ2) is 5.91. The highest BCUT2D eigenvalue weighted by Crippen LogP contribution is 2.25. The third kappa shape index (κ3) is 3.11. The third-order valence-corrected chi connectivity index (χ3v) is 4.84. The van der Waals surface area contributed by atoms with Gasteiger partial charge in [-0.15, -0.1) is 11.3 Å². The Kier molecular flexibility index (Phi) is 3.98. The molecule has 0 bridgehead atoms. The summed E-state index contributed by atoms with van der Waals surface area (Å²) in [4.78, 5) is 18.4. The summed E-state index contributed by atoms with van der Waals surface area (Å²) in [5.74, 6) is 1.06. The number of hydrogen-bond donors (Lipinski definition) is 1. The number of piperazine rings is 1. The van der Waals surface area contributed by atoms with Gasteiger partial charge in [-0.3, -0.25) is 9.69 Å². The zero-order chi connectivity index (χ0) is 14.8. The molecule has 1 amide bonds. The van der Waals surface area contributed by atoms with E-state index in [9.17, 15) is 4.79 Å². The minimum atomic E-state index is 0.0949. The second-order valence-electron chi connectivity index (χ2n) is 5.27. The molecule has 0 spiro atoms. The van der Waals surface area contributed by atoms with Gasteiger partial charge in [0.15, 0.2) is 0 Å². The van der Waals surface area contributed by atoms with E-state index in [0.29, 0.717) is 5.69 Å². The van der Waals surface area contributed by atoms with Gasteiger partial charge in [0.05, 0.1) is 17.7 Å². The van der Waals surface area contributed by atoms with Crippen molar-refractivity contribution >= 4 is 22.9 Å². The van der Waals surface area contributed by atoms with Crippen molar-refractivity contribution in [1.29, 1.82) is 0 Å². The Labute approximate surface area is 127 Å². The average Bonchev–Trinajstić information content (AvgIpc) is 3.10. The molecule has 0 unspecified atom stereocenters. The number of anilines is 1. The monoisotopic (exact) mass is 305 g/mol. The van der Waals surface area contributed by atoms with E-state index in [4.69, 9.17) is 10.2 Å². The van der Waals surface area contributed by atoms with Gasteiger partial charge < -0.3 is 15.1 Å². The van der Waals surface area contributed by atoms with Crippen molar-refractivity contribution in [2.45, 2.75) is 13.5 Å². The molecule has 1 fully saturated rings. The summed E-state index contributed by atoms with van der Waals surface area (Å²) in [6.45, 7) is 5.98. The van der Waals surface area contributed by atoms with E-state index in [1.54, 1.807) is 12.3 Å². The number of carbonyl (C=O) groups is 1. The molecule has 1 aliphatic rings. The number of aryl methyl sites for hydroxylation is 1. The van der Waals surface area contributed by atoms with Crippen LogP contribution < -0.4 is 5.73 Å². The highest BCUT2D eigenvalue weighted by atomic mass is 32.1. The number of rotatable bonds is 3. The first-order valence-corrected chi connectivity index (χ1v) is 7.85. The zero-order valence-corrected chi connectivity index (χ0v) is 12.9. The quantitative estimate of drug-likeness (QED) is 0.944. The van der Waals surface area contributed by atoms with Crippen LogP contribution in [-0.4, -0.2) is 41.9 Å². The summed E-state index contributed by atoms with van der Waals surface area (Å²) in [5, 5.41) is 0. The normalized spacial score (nSPS) is 16.3. The topological polar surface area (TPSA) is 62.7 Å². The molecule has 21 heavy (non-hydrogen) atoms. The first-order chi connectivity index (χ1) is 10.1. The summed E-state index contributed by atoms with van der Waals surface area (Å²) in [6, 6.07) is 5.67. The molecule has 2 aromatic heterocycles. The van der Waals surface area contributed by atoms with Gasteiger partial charge in [-0.25, -0.2) is 0 Å². The van der Waals surface area contributed by atoms with Crippen LogP contribution in [0.5, 0.6) is 0 Å². The van der Waals surface area contributed by atoms with E-state index in [1.807, 2.05) is 24.0 Å². The van der Waals surface area contributed by atoms with Crippen LogP contribution in [-0.2, 0) is 6.54 Å². The van der Waals surface area contributed by atoms with Gasteiger partial charge in [0.25, 0.3) is 5.91 Å². The van der Waals surface area contributed by atoms with E-state index in [-0.39, 0.29) is 5.91 Å². The Morgan fingerprint density at radius 2 is 2.14 bits per heavy atom. The minimum Gasteiger partial charge on any atom is -0.468 e. The van der Waals surface area contributed by atoms with Crippen LogP contribution in [0.25, 0.3) is 0 Å². The molecule has 0 aromatic carbocycles. The van der Waals surface area contributed by atoms with Gasteiger partial charge >= 0.3 is 0 Å². The lowest BCUT2D eigenvalue weighted by molar-refractivity contribution is 0.0625. The molecule has 2 N–H and O–H groups in total. The standard InChI is InChI=1S/C15H19N3O2S/c1-11-13(16)9-14(21-11)15(19)18-6-4-17(5-7-18)10-12-3-2-8-20-12/h2-3,8-9H,4-7,10,16H2,1H3. The summed E-state index contributed by atoms with van der Waals surface area (Å²) in [6.07, 6.45) is 1.69. The van der Waals surface area contributed by atoms with Crippen molar-refractivity contribution in [2.75, 3.05) is 31.9 Å². The van der Waals surface area contributed by atoms with Gasteiger partial charge in [0.1, 0.15) is 5.76 Å². The van der Waals surface area contributed by atoms with Crippen molar-refractivity contribution in [2.24, 2.45) is 0 Å². The highest BCUT2D eigenvalue weighted by Gasteiger charge is 2.24. The van der Waals surface area contributed by atoms with Crippen LogP contribution >= 0.6 is 11.3 Å². The molecule has 3 heterocycles. The number of nitrogens with two attached hydrogens (primary N) is 1. The zero-order valence-electron chi connectivity index (χ0n) is 12.0. The molecule has 1 saturated heterocycles. The average molecular weight is 305 g/mol. The molecule has 0 saturated carbocycles. The third-order valence-electron chi connectivity index (χ3n) is 3.79. The summed E-state index contributed by atoms with van der Waals surface area (Å²) in [7, 11) is 0. The van der Waals surface area contributed by atoms with Crippen LogP contribution in [0.15, 0.2) is 28.9 Å². The minimum absolute atomic E-state index is 0.0949. The largest absolute Gasteiger partial charge is 0.468 e. The molecule has 1 aliphatic heterocycles. The molecule has 6 heteroatoms. The fourth-order valence-corrected chi connectivity index (χ4v) is 3.40. The molecule has 0 radical (unpaired) electrons. The molecule has 3 rings (SSSR count). The van der Waals surface area contributed by atoms with Crippen LogP contribution in [0.4, 0.5) is 5.69 Å². The lowest BCUT2D eigenvalue weighted by Crippen LogP contribution is -2.48. The summed E-state index contributed by atoms with van der Waals surface area (Å²) >= 11 is 1.48. The van der Waals surface area contributed by atoms with Crippen LogP contribution in [0.3, 0.4) is 0 Å². The summed E-state index contributed by atoms with van der Waals surface area (Å²) < 4.78 is 5.36. The number of furan rings is 1. The molecular weight excluding hydrogens is 286 g/mol. The van der Waals surface area contributed by atoms with Crippen molar-refractivity contribution in [3.8, 4) is 0 Å². The van der Waals surface area contributed by atoms with Crippen LogP contribution in [0.2, 0.25) is 0 Å². The fraction of sp³-hybridized carbons (Fsp3) is 0.400. The van der Waals surface area contributed by atoms with Crippen molar-refractivity contribution in [3.63, 3.8) is 0 Å². The molecule has 5 nitrogen and oxygen atoms in total. The maximum absolute atomic E-state index is 12.4. The summed E-state index contributed by atoms with van der Waals surface area (Å²) in [5.41, 5.74) is 6.53. The van der Waals surface area contributed by atoms with Gasteiger partial charge in [-0.1, -0.05) is 0 Å². The maximum atomic E-state index is 12.4. The smallest absolute Gasteiger partial charge is 0.264 e. The van der Waals surface area contributed by atoms with Gasteiger partial charge in [0.2, 0.25) is 0 Å². The van der Waals surface area contributed by atoms with Crippen molar-refractivity contribution in [3.05, 3.63) is 40.0 Å². The van der Waals surface area contributed by atoms with Gasteiger partial charge in [0, 0.05) is 36.7 Å². The predicted octanol–water partition coefficient (Wildman–Crippen LogP) is 2.19. The SMILES string of the molecule is Cc1sc(C(=O)N2CCN(Cc3ccco3)CC2)cc1N. The molecule has 0 aliphatic carbocycles. The highest BCUT2D eigenvalue weighted by molar-refractivity contribution is 7.14. The fourth-order valence-electron chi connectivity index (χ4n) is 2.49. The number of nitrogens with zero attached hydrogens (tertiary/aromatic N) is 2.